The fourth-order valence-electron chi connectivity index (χ4n) is 0.914. The normalized spacial score (nSPS) is 13.0. The van der Waals surface area contributed by atoms with Gasteiger partial charge < -0.3 is 0 Å². The van der Waals surface area contributed by atoms with E-state index in [-0.39, 0.29) is 4.57 Å². The minimum Gasteiger partial charge on any atom is -0.159 e. The molecule has 14 heavy (non-hydrogen) atoms. The third-order valence-corrected chi connectivity index (χ3v) is 1.61. The predicted octanol–water partition coefficient (Wildman–Crippen LogP) is 2.39. The Bertz CT molecular complexity index is 331. The summed E-state index contributed by atoms with van der Waals surface area (Å²) in [4.78, 5) is 0. The summed E-state index contributed by atoms with van der Waals surface area (Å²) in [5.74, 6) is 0. The Morgan fingerprint density at radius 1 is 1.14 bits per heavy atom. The minimum absolute atomic E-state index is 0.150. The number of alkyl halides is 5. The van der Waals surface area contributed by atoms with Crippen molar-refractivity contribution in [3.05, 3.63) is 30.1 Å². The van der Waals surface area contributed by atoms with Gasteiger partial charge in [0, 0.05) is 11.6 Å². The van der Waals surface area contributed by atoms with Crippen molar-refractivity contribution in [3.8, 4) is 0 Å². The SMILES string of the molecule is Cc1ccc[n+](C(F)(F)C(F)(F)F)c1. The van der Waals surface area contributed by atoms with Crippen molar-refractivity contribution in [3.63, 3.8) is 0 Å². The van der Waals surface area contributed by atoms with Gasteiger partial charge in [-0.1, -0.05) is 0 Å². The molecule has 1 aromatic heterocycles. The number of nitrogens with zero attached hydrogens (tertiary/aromatic N) is 1. The van der Waals surface area contributed by atoms with Crippen molar-refractivity contribution in [1.29, 1.82) is 0 Å². The highest BCUT2D eigenvalue weighted by atomic mass is 19.4. The second-order valence-electron chi connectivity index (χ2n) is 2.83. The molecule has 0 amide bonds. The van der Waals surface area contributed by atoms with Crippen LogP contribution in [0.25, 0.3) is 0 Å². The highest BCUT2D eigenvalue weighted by Gasteiger charge is 2.67. The van der Waals surface area contributed by atoms with Gasteiger partial charge in [-0.2, -0.15) is 13.2 Å². The van der Waals surface area contributed by atoms with E-state index >= 15 is 0 Å². The number of aryl methyl sites for hydroxylation is 1. The maximum Gasteiger partial charge on any atom is 0.561 e. The number of pyridine rings is 1. The van der Waals surface area contributed by atoms with Crippen LogP contribution in [-0.2, 0) is 6.05 Å². The number of hydrogen-bond acceptors (Lipinski definition) is 0. The van der Waals surface area contributed by atoms with Gasteiger partial charge in [0.15, 0.2) is 12.4 Å². The molecule has 78 valence electrons. The molecule has 0 aromatic carbocycles. The van der Waals surface area contributed by atoms with Gasteiger partial charge in [0.2, 0.25) is 0 Å². The summed E-state index contributed by atoms with van der Waals surface area (Å²) >= 11 is 0. The third-order valence-electron chi connectivity index (χ3n) is 1.61. The average Bonchev–Trinajstić information content (AvgIpc) is 2.02. The summed E-state index contributed by atoms with van der Waals surface area (Å²) in [5.41, 5.74) is 0.330. The summed E-state index contributed by atoms with van der Waals surface area (Å²) < 4.78 is 60.9. The van der Waals surface area contributed by atoms with E-state index in [1.54, 1.807) is 0 Å². The average molecular weight is 212 g/mol. The van der Waals surface area contributed by atoms with Gasteiger partial charge in [0.25, 0.3) is 0 Å². The van der Waals surface area contributed by atoms with Crippen molar-refractivity contribution in [2.45, 2.75) is 19.1 Å². The van der Waals surface area contributed by atoms with Crippen molar-refractivity contribution in [2.75, 3.05) is 0 Å². The lowest BCUT2D eigenvalue weighted by molar-refractivity contribution is -0.851. The summed E-state index contributed by atoms with van der Waals surface area (Å²) in [7, 11) is 0. The van der Waals surface area contributed by atoms with E-state index in [4.69, 9.17) is 0 Å². The van der Waals surface area contributed by atoms with Crippen LogP contribution in [0, 0.1) is 6.92 Å². The Labute approximate surface area is 76.8 Å². The fourth-order valence-corrected chi connectivity index (χ4v) is 0.914. The molecule has 0 atom stereocenters. The number of rotatable bonds is 1. The highest BCUT2D eigenvalue weighted by Crippen LogP contribution is 2.35. The molecule has 0 aliphatic carbocycles. The van der Waals surface area contributed by atoms with Crippen LogP contribution in [0.3, 0.4) is 0 Å². The van der Waals surface area contributed by atoms with Crippen LogP contribution in [0.4, 0.5) is 22.0 Å². The molecule has 0 radical (unpaired) electrons. The Hall–Kier alpha value is -1.20. The van der Waals surface area contributed by atoms with Crippen molar-refractivity contribution >= 4 is 0 Å². The summed E-state index contributed by atoms with van der Waals surface area (Å²) in [6, 6.07) is -2.29. The van der Waals surface area contributed by atoms with E-state index in [1.165, 1.54) is 13.0 Å². The van der Waals surface area contributed by atoms with Crippen molar-refractivity contribution < 1.29 is 26.5 Å². The first-order valence-electron chi connectivity index (χ1n) is 3.68. The quantitative estimate of drug-likeness (QED) is 0.497. The van der Waals surface area contributed by atoms with E-state index in [2.05, 4.69) is 0 Å². The number of aromatic nitrogens is 1. The first kappa shape index (κ1) is 10.9. The van der Waals surface area contributed by atoms with E-state index in [0.717, 1.165) is 12.3 Å². The van der Waals surface area contributed by atoms with Crippen LogP contribution in [0.2, 0.25) is 0 Å². The van der Waals surface area contributed by atoms with Crippen LogP contribution in [0.5, 0.6) is 0 Å². The van der Waals surface area contributed by atoms with Crippen molar-refractivity contribution in [1.82, 2.24) is 0 Å². The van der Waals surface area contributed by atoms with Crippen LogP contribution in [-0.4, -0.2) is 6.18 Å². The summed E-state index contributed by atoms with van der Waals surface area (Å²) in [6.07, 6.45) is -4.15. The number of hydrogen-bond donors (Lipinski definition) is 0. The smallest absolute Gasteiger partial charge is 0.159 e. The molecule has 0 spiro atoms. The van der Waals surface area contributed by atoms with Gasteiger partial charge in [-0.05, 0) is 13.0 Å². The topological polar surface area (TPSA) is 3.88 Å². The number of halogens is 5. The van der Waals surface area contributed by atoms with E-state index in [9.17, 15) is 22.0 Å². The molecule has 1 aromatic rings. The summed E-state index contributed by atoms with van der Waals surface area (Å²) in [6.45, 7) is 1.43. The first-order valence-corrected chi connectivity index (χ1v) is 3.68. The lowest BCUT2D eigenvalue weighted by atomic mass is 10.3. The molecule has 0 N–H and O–H groups in total. The van der Waals surface area contributed by atoms with E-state index in [0.29, 0.717) is 11.8 Å². The van der Waals surface area contributed by atoms with Gasteiger partial charge in [-0.25, -0.2) is 0 Å². The standard InChI is InChI=1S/C8H7F5N/c1-6-3-2-4-14(5-6)8(12,13)7(9,10)11/h2-5H,1H3/q+1. The molecule has 0 saturated carbocycles. The maximum absolute atomic E-state index is 12.7. The van der Waals surface area contributed by atoms with Gasteiger partial charge in [-0.15, -0.1) is 13.3 Å². The van der Waals surface area contributed by atoms with E-state index < -0.39 is 12.2 Å². The monoisotopic (exact) mass is 212 g/mol. The van der Waals surface area contributed by atoms with Gasteiger partial charge in [-0.3, -0.25) is 0 Å². The van der Waals surface area contributed by atoms with E-state index in [1.807, 2.05) is 0 Å². The molecule has 0 unspecified atom stereocenters. The van der Waals surface area contributed by atoms with Crippen LogP contribution in [0.15, 0.2) is 24.5 Å². The zero-order chi connectivity index (χ0) is 11.0. The van der Waals surface area contributed by atoms with Gasteiger partial charge in [0.1, 0.15) is 0 Å². The second-order valence-corrected chi connectivity index (χ2v) is 2.83. The molecular formula is C8H7F5N+. The molecule has 0 aliphatic rings. The first-order chi connectivity index (χ1) is 6.25. The third kappa shape index (κ3) is 1.83. The zero-order valence-corrected chi connectivity index (χ0v) is 7.15. The molecular weight excluding hydrogens is 205 g/mol. The highest BCUT2D eigenvalue weighted by molar-refractivity contribution is 5.01. The molecule has 1 rings (SSSR count). The van der Waals surface area contributed by atoms with Crippen LogP contribution in [0.1, 0.15) is 5.56 Å². The largest absolute Gasteiger partial charge is 0.561 e. The Kier molecular flexibility index (Phi) is 2.47. The minimum atomic E-state index is -5.58. The fraction of sp³-hybridized carbons (Fsp3) is 0.375. The molecule has 1 heterocycles. The molecule has 0 aliphatic heterocycles. The predicted molar refractivity (Wildman–Crippen MR) is 37.6 cm³/mol. The maximum atomic E-state index is 12.7. The molecule has 0 saturated heterocycles. The summed E-state index contributed by atoms with van der Waals surface area (Å²) in [5, 5.41) is 0. The Morgan fingerprint density at radius 3 is 2.14 bits per heavy atom. The zero-order valence-electron chi connectivity index (χ0n) is 7.15. The Morgan fingerprint density at radius 2 is 1.71 bits per heavy atom. The lowest BCUT2D eigenvalue weighted by Crippen LogP contribution is -2.58. The molecule has 0 fully saturated rings. The lowest BCUT2D eigenvalue weighted by Gasteiger charge is -2.13. The van der Waals surface area contributed by atoms with Gasteiger partial charge in [0.05, 0.1) is 0 Å². The Balaban J connectivity index is 3.16. The molecule has 1 nitrogen and oxygen atoms in total. The molecule has 6 heteroatoms. The van der Waals surface area contributed by atoms with Crippen molar-refractivity contribution in [2.24, 2.45) is 0 Å². The van der Waals surface area contributed by atoms with Crippen LogP contribution >= 0.6 is 0 Å². The second kappa shape index (κ2) is 3.18. The molecule has 0 bridgehead atoms. The van der Waals surface area contributed by atoms with Crippen LogP contribution < -0.4 is 4.57 Å². The van der Waals surface area contributed by atoms with Gasteiger partial charge >= 0.3 is 12.2 Å².